The summed E-state index contributed by atoms with van der Waals surface area (Å²) >= 11 is 0. The fraction of sp³-hybridized carbons (Fsp3) is 0.0625. The van der Waals surface area contributed by atoms with Crippen LogP contribution in [-0.4, -0.2) is 30.1 Å². The first kappa shape index (κ1) is 23.9. The third-order valence-electron chi connectivity index (χ3n) is 6.99. The first-order valence-corrected chi connectivity index (χ1v) is 13.0. The minimum absolute atomic E-state index is 0.265. The first-order valence-electron chi connectivity index (χ1n) is 13.0. The molecule has 0 bridgehead atoms. The number of hydrogen-bond acceptors (Lipinski definition) is 5. The van der Waals surface area contributed by atoms with Crippen molar-refractivity contribution in [3.05, 3.63) is 121 Å². The molecule has 40 heavy (non-hydrogen) atoms. The number of pyridine rings is 3. The van der Waals surface area contributed by atoms with E-state index in [4.69, 9.17) is 0 Å². The number of benzene rings is 2. The van der Waals surface area contributed by atoms with Crippen molar-refractivity contribution >= 4 is 22.1 Å². The standard InChI is InChI=1S/C32H24FN7/c33-25-8-6-22(7-9-25)26-10-11-36-31-27(26)14-29(38-31)30-28-13-24(19-37-32(28)40-39-30)23-12-21(17-35-18-23)16-34-15-20-4-2-1-3-5-20/h1-14,17-19,34H,15-16H2,(H,36,38)(H,37,39,40). The fourth-order valence-electron chi connectivity index (χ4n) is 4.99. The third-order valence-corrected chi connectivity index (χ3v) is 6.99. The van der Waals surface area contributed by atoms with Crippen LogP contribution in [0.1, 0.15) is 11.1 Å². The van der Waals surface area contributed by atoms with Gasteiger partial charge >= 0.3 is 0 Å². The Morgan fingerprint density at radius 3 is 2.40 bits per heavy atom. The molecule has 7 rings (SSSR count). The summed E-state index contributed by atoms with van der Waals surface area (Å²) in [5, 5.41) is 12.9. The molecule has 0 aliphatic rings. The highest BCUT2D eigenvalue weighted by Gasteiger charge is 2.16. The normalized spacial score (nSPS) is 11.4. The molecular formula is C32H24FN7. The Balaban J connectivity index is 1.20. The van der Waals surface area contributed by atoms with Gasteiger partial charge < -0.3 is 10.3 Å². The Bertz CT molecular complexity index is 1940. The maximum absolute atomic E-state index is 13.5. The SMILES string of the molecule is Fc1ccc(-c2ccnc3[nH]c(-c4n[nH]c5ncc(-c6cncc(CNCc7ccccc7)c6)cc45)cc23)cc1. The average Bonchev–Trinajstić information content (AvgIpc) is 3.62. The van der Waals surface area contributed by atoms with Crippen LogP contribution in [0.4, 0.5) is 4.39 Å². The molecule has 0 unspecified atom stereocenters. The number of rotatable bonds is 7. The maximum Gasteiger partial charge on any atom is 0.155 e. The van der Waals surface area contributed by atoms with E-state index in [1.807, 2.05) is 48.9 Å². The smallest absolute Gasteiger partial charge is 0.155 e. The predicted octanol–water partition coefficient (Wildman–Crippen LogP) is 6.66. The molecule has 3 N–H and O–H groups in total. The van der Waals surface area contributed by atoms with Crippen molar-refractivity contribution in [3.63, 3.8) is 0 Å². The topological polar surface area (TPSA) is 95.2 Å². The number of hydrogen-bond donors (Lipinski definition) is 3. The van der Waals surface area contributed by atoms with Gasteiger partial charge in [0.2, 0.25) is 0 Å². The van der Waals surface area contributed by atoms with Crippen LogP contribution in [0, 0.1) is 5.82 Å². The Kier molecular flexibility index (Phi) is 6.07. The van der Waals surface area contributed by atoms with E-state index in [0.717, 1.165) is 62.2 Å². The van der Waals surface area contributed by atoms with Crippen LogP contribution in [0.2, 0.25) is 0 Å². The monoisotopic (exact) mass is 525 g/mol. The average molecular weight is 526 g/mol. The molecular weight excluding hydrogens is 501 g/mol. The molecule has 0 spiro atoms. The molecule has 0 saturated carbocycles. The van der Waals surface area contributed by atoms with Crippen LogP contribution in [0.25, 0.3) is 55.7 Å². The van der Waals surface area contributed by atoms with Gasteiger partial charge in [0, 0.05) is 59.8 Å². The number of nitrogens with zero attached hydrogens (tertiary/aromatic N) is 4. The van der Waals surface area contributed by atoms with Crippen LogP contribution < -0.4 is 5.32 Å². The van der Waals surface area contributed by atoms with Crippen LogP contribution in [0.3, 0.4) is 0 Å². The minimum atomic E-state index is -0.265. The largest absolute Gasteiger partial charge is 0.338 e. The minimum Gasteiger partial charge on any atom is -0.338 e. The summed E-state index contributed by atoms with van der Waals surface area (Å²) in [6.45, 7) is 1.50. The van der Waals surface area contributed by atoms with Crippen molar-refractivity contribution in [2.45, 2.75) is 13.1 Å². The van der Waals surface area contributed by atoms with Crippen LogP contribution in [-0.2, 0) is 13.1 Å². The van der Waals surface area contributed by atoms with Crippen molar-refractivity contribution < 1.29 is 4.39 Å². The Hall–Kier alpha value is -5.21. The number of aromatic nitrogens is 6. The Morgan fingerprint density at radius 1 is 0.700 bits per heavy atom. The van der Waals surface area contributed by atoms with E-state index in [1.165, 1.54) is 17.7 Å². The summed E-state index contributed by atoms with van der Waals surface area (Å²) in [4.78, 5) is 17.0. The molecule has 7 nitrogen and oxygen atoms in total. The predicted molar refractivity (Wildman–Crippen MR) is 155 cm³/mol. The second-order valence-electron chi connectivity index (χ2n) is 9.67. The molecule has 0 amide bonds. The molecule has 0 saturated heterocycles. The van der Waals surface area contributed by atoms with E-state index in [0.29, 0.717) is 12.2 Å². The molecule has 0 aliphatic carbocycles. The summed E-state index contributed by atoms with van der Waals surface area (Å²) in [6.07, 6.45) is 7.32. The van der Waals surface area contributed by atoms with Gasteiger partial charge in [-0.1, -0.05) is 42.5 Å². The lowest BCUT2D eigenvalue weighted by molar-refractivity contribution is 0.628. The molecule has 5 heterocycles. The molecule has 0 radical (unpaired) electrons. The zero-order valence-corrected chi connectivity index (χ0v) is 21.4. The van der Waals surface area contributed by atoms with E-state index < -0.39 is 0 Å². The number of fused-ring (bicyclic) bond motifs is 2. The number of H-pyrrole nitrogens is 2. The lowest BCUT2D eigenvalue weighted by Gasteiger charge is -2.07. The maximum atomic E-state index is 13.5. The highest BCUT2D eigenvalue weighted by molar-refractivity contribution is 5.99. The number of aromatic amines is 2. The molecule has 0 aliphatic heterocycles. The quantitative estimate of drug-likeness (QED) is 0.216. The van der Waals surface area contributed by atoms with Gasteiger partial charge in [0.1, 0.15) is 17.2 Å². The molecule has 2 aromatic carbocycles. The second-order valence-corrected chi connectivity index (χ2v) is 9.67. The van der Waals surface area contributed by atoms with Gasteiger partial charge in [-0.15, -0.1) is 0 Å². The summed E-state index contributed by atoms with van der Waals surface area (Å²) in [5.41, 5.74) is 9.15. The van der Waals surface area contributed by atoms with Crippen molar-refractivity contribution in [3.8, 4) is 33.6 Å². The van der Waals surface area contributed by atoms with Gasteiger partial charge in [-0.25, -0.2) is 14.4 Å². The zero-order valence-electron chi connectivity index (χ0n) is 21.4. The summed E-state index contributed by atoms with van der Waals surface area (Å²) in [5.74, 6) is -0.265. The van der Waals surface area contributed by atoms with Crippen molar-refractivity contribution in [1.29, 1.82) is 0 Å². The Labute approximate surface area is 229 Å². The van der Waals surface area contributed by atoms with E-state index in [1.54, 1.807) is 18.3 Å². The highest BCUT2D eigenvalue weighted by Crippen LogP contribution is 2.34. The second kappa shape index (κ2) is 10.2. The fourth-order valence-corrected chi connectivity index (χ4v) is 4.99. The van der Waals surface area contributed by atoms with Crippen molar-refractivity contribution in [1.82, 2.24) is 35.5 Å². The Morgan fingerprint density at radius 2 is 1.52 bits per heavy atom. The molecule has 5 aromatic heterocycles. The molecule has 0 fully saturated rings. The molecule has 194 valence electrons. The van der Waals surface area contributed by atoms with Gasteiger partial charge in [0.25, 0.3) is 0 Å². The zero-order chi connectivity index (χ0) is 26.9. The van der Waals surface area contributed by atoms with Gasteiger partial charge in [-0.2, -0.15) is 5.10 Å². The van der Waals surface area contributed by atoms with Crippen LogP contribution >= 0.6 is 0 Å². The molecule has 0 atom stereocenters. The van der Waals surface area contributed by atoms with Gasteiger partial charge in [0.05, 0.1) is 5.69 Å². The molecule has 7 aromatic rings. The molecule has 8 heteroatoms. The van der Waals surface area contributed by atoms with E-state index in [9.17, 15) is 4.39 Å². The number of halogens is 1. The summed E-state index contributed by atoms with van der Waals surface area (Å²) < 4.78 is 13.5. The highest BCUT2D eigenvalue weighted by atomic mass is 19.1. The summed E-state index contributed by atoms with van der Waals surface area (Å²) in [6, 6.07) is 25.0. The van der Waals surface area contributed by atoms with E-state index in [-0.39, 0.29) is 5.82 Å². The van der Waals surface area contributed by atoms with E-state index >= 15 is 0 Å². The van der Waals surface area contributed by atoms with Gasteiger partial charge in [-0.3, -0.25) is 10.1 Å². The lowest BCUT2D eigenvalue weighted by Crippen LogP contribution is -2.12. The van der Waals surface area contributed by atoms with Crippen molar-refractivity contribution in [2.75, 3.05) is 0 Å². The number of nitrogens with one attached hydrogen (secondary N) is 3. The first-order chi connectivity index (χ1) is 19.7. The van der Waals surface area contributed by atoms with Gasteiger partial charge in [0.15, 0.2) is 5.65 Å². The lowest BCUT2D eigenvalue weighted by atomic mass is 10.0. The van der Waals surface area contributed by atoms with E-state index in [2.05, 4.69) is 59.7 Å². The van der Waals surface area contributed by atoms with Crippen molar-refractivity contribution in [2.24, 2.45) is 0 Å². The van der Waals surface area contributed by atoms with Crippen LogP contribution in [0.5, 0.6) is 0 Å². The van der Waals surface area contributed by atoms with Crippen LogP contribution in [0.15, 0.2) is 104 Å². The van der Waals surface area contributed by atoms with Gasteiger partial charge in [-0.05, 0) is 58.7 Å². The summed E-state index contributed by atoms with van der Waals surface area (Å²) in [7, 11) is 0. The third kappa shape index (κ3) is 4.61.